The highest BCUT2D eigenvalue weighted by molar-refractivity contribution is 6.31. The van der Waals surface area contributed by atoms with Crippen LogP contribution in [0, 0.1) is 0 Å². The number of carbonyl (C=O) groups excluding carboxylic acids is 1. The molecule has 0 N–H and O–H groups in total. The van der Waals surface area contributed by atoms with Crippen molar-refractivity contribution in [2.45, 2.75) is 50.0 Å². The van der Waals surface area contributed by atoms with Gasteiger partial charge >= 0.3 is 0 Å². The molecule has 0 bridgehead atoms. The van der Waals surface area contributed by atoms with Crippen LogP contribution in [0.25, 0.3) is 0 Å². The third-order valence-electron chi connectivity index (χ3n) is 4.89. The Morgan fingerprint density at radius 3 is 2.57 bits per heavy atom. The number of halogens is 1. The van der Waals surface area contributed by atoms with Gasteiger partial charge in [-0.3, -0.25) is 0 Å². The Kier molecular flexibility index (Phi) is 4.44. The molecule has 0 atom stereocenters. The van der Waals surface area contributed by atoms with Crippen LogP contribution in [0.15, 0.2) is 23.2 Å². The maximum Gasteiger partial charge on any atom is 0.235 e. The van der Waals surface area contributed by atoms with E-state index < -0.39 is 0 Å². The zero-order chi connectivity index (χ0) is 14.7. The molecule has 4 heteroatoms. The first-order valence-corrected chi connectivity index (χ1v) is 8.10. The molecule has 0 amide bonds. The summed E-state index contributed by atoms with van der Waals surface area (Å²) < 4.78 is 5.41. The maximum atomic E-state index is 10.8. The summed E-state index contributed by atoms with van der Waals surface area (Å²) in [7, 11) is 0. The van der Waals surface area contributed by atoms with Crippen LogP contribution in [0.3, 0.4) is 0 Å². The zero-order valence-electron chi connectivity index (χ0n) is 12.1. The van der Waals surface area contributed by atoms with Crippen LogP contribution in [0.1, 0.15) is 55.6 Å². The SMILES string of the molecule is O=C=NC1(c2ccc(C3CCOCC3)c(Cl)c2)CCCC1. The van der Waals surface area contributed by atoms with Gasteiger partial charge in [0, 0.05) is 18.2 Å². The summed E-state index contributed by atoms with van der Waals surface area (Å²) >= 11 is 6.52. The number of nitrogens with zero attached hydrogens (tertiary/aromatic N) is 1. The predicted octanol–water partition coefficient (Wildman–Crippen LogP) is 4.34. The summed E-state index contributed by atoms with van der Waals surface area (Å²) in [5.74, 6) is 0.481. The average Bonchev–Trinajstić information content (AvgIpc) is 2.98. The van der Waals surface area contributed by atoms with E-state index in [0.717, 1.165) is 62.3 Å². The van der Waals surface area contributed by atoms with Crippen molar-refractivity contribution in [3.8, 4) is 0 Å². The number of ether oxygens (including phenoxy) is 1. The number of benzene rings is 1. The van der Waals surface area contributed by atoms with E-state index in [0.29, 0.717) is 5.92 Å². The standard InChI is InChI=1S/C17H20ClNO2/c18-16-11-14(17(19-12-20)7-1-2-8-17)3-4-15(16)13-5-9-21-10-6-13/h3-4,11,13H,1-2,5-10H2. The Hall–Kier alpha value is -1.15. The van der Waals surface area contributed by atoms with Crippen molar-refractivity contribution < 1.29 is 9.53 Å². The lowest BCUT2D eigenvalue weighted by atomic mass is 9.85. The minimum atomic E-state index is -0.389. The fraction of sp³-hybridized carbons (Fsp3) is 0.588. The lowest BCUT2D eigenvalue weighted by Gasteiger charge is -2.26. The minimum absolute atomic E-state index is 0.389. The first-order chi connectivity index (χ1) is 10.2. The van der Waals surface area contributed by atoms with Crippen LogP contribution >= 0.6 is 11.6 Å². The molecule has 1 aromatic rings. The molecule has 21 heavy (non-hydrogen) atoms. The number of rotatable bonds is 3. The van der Waals surface area contributed by atoms with Crippen LogP contribution in [0.5, 0.6) is 0 Å². The maximum absolute atomic E-state index is 10.8. The first-order valence-electron chi connectivity index (χ1n) is 7.72. The van der Waals surface area contributed by atoms with Gasteiger partial charge in [-0.2, -0.15) is 4.99 Å². The second-order valence-electron chi connectivity index (χ2n) is 6.06. The van der Waals surface area contributed by atoms with Gasteiger partial charge in [-0.1, -0.05) is 36.6 Å². The molecule has 0 aromatic heterocycles. The Bertz CT molecular complexity index is 554. The topological polar surface area (TPSA) is 38.7 Å². The Morgan fingerprint density at radius 1 is 1.24 bits per heavy atom. The monoisotopic (exact) mass is 305 g/mol. The van der Waals surface area contributed by atoms with Crippen LogP contribution in [0.4, 0.5) is 0 Å². The quantitative estimate of drug-likeness (QED) is 0.615. The molecule has 112 valence electrons. The normalized spacial score (nSPS) is 22.0. The van der Waals surface area contributed by atoms with Gasteiger partial charge in [-0.15, -0.1) is 0 Å². The molecule has 3 nitrogen and oxygen atoms in total. The van der Waals surface area contributed by atoms with Crippen molar-refractivity contribution >= 4 is 17.7 Å². The lowest BCUT2D eigenvalue weighted by molar-refractivity contribution is 0.0853. The highest BCUT2D eigenvalue weighted by Crippen LogP contribution is 2.44. The van der Waals surface area contributed by atoms with E-state index in [-0.39, 0.29) is 5.54 Å². The fourth-order valence-corrected chi connectivity index (χ4v) is 4.00. The third kappa shape index (κ3) is 2.91. The van der Waals surface area contributed by atoms with E-state index in [1.54, 1.807) is 6.08 Å². The molecule has 0 spiro atoms. The fourth-order valence-electron chi connectivity index (χ4n) is 3.67. The number of isocyanates is 1. The van der Waals surface area contributed by atoms with E-state index in [9.17, 15) is 4.79 Å². The Morgan fingerprint density at radius 2 is 1.95 bits per heavy atom. The molecule has 1 saturated heterocycles. The molecule has 1 heterocycles. The van der Waals surface area contributed by atoms with Crippen molar-refractivity contribution in [2.75, 3.05) is 13.2 Å². The molecule has 3 rings (SSSR count). The smallest absolute Gasteiger partial charge is 0.235 e. The van der Waals surface area contributed by atoms with E-state index >= 15 is 0 Å². The van der Waals surface area contributed by atoms with Gasteiger partial charge in [0.05, 0.1) is 5.54 Å². The van der Waals surface area contributed by atoms with Crippen molar-refractivity contribution in [3.05, 3.63) is 34.3 Å². The molecule has 2 aliphatic rings. The van der Waals surface area contributed by atoms with Crippen molar-refractivity contribution in [2.24, 2.45) is 4.99 Å². The van der Waals surface area contributed by atoms with Gasteiger partial charge in [0.15, 0.2) is 0 Å². The predicted molar refractivity (Wildman–Crippen MR) is 82.5 cm³/mol. The van der Waals surface area contributed by atoms with Crippen LogP contribution in [-0.2, 0) is 15.1 Å². The van der Waals surface area contributed by atoms with Crippen LogP contribution in [0.2, 0.25) is 5.02 Å². The summed E-state index contributed by atoms with van der Waals surface area (Å²) in [6.07, 6.45) is 7.84. The van der Waals surface area contributed by atoms with E-state index in [1.807, 2.05) is 6.07 Å². The molecule has 1 saturated carbocycles. The van der Waals surface area contributed by atoms with Gasteiger partial charge in [-0.05, 0) is 48.8 Å². The van der Waals surface area contributed by atoms with Gasteiger partial charge in [0.1, 0.15) is 0 Å². The summed E-state index contributed by atoms with van der Waals surface area (Å²) in [6.45, 7) is 1.62. The number of hydrogen-bond donors (Lipinski definition) is 0. The Balaban J connectivity index is 1.91. The van der Waals surface area contributed by atoms with Crippen molar-refractivity contribution in [1.82, 2.24) is 0 Å². The molecule has 0 unspecified atom stereocenters. The minimum Gasteiger partial charge on any atom is -0.381 e. The molecular weight excluding hydrogens is 286 g/mol. The molecule has 1 aliphatic carbocycles. The highest BCUT2D eigenvalue weighted by atomic mass is 35.5. The summed E-state index contributed by atoms with van der Waals surface area (Å²) in [5.41, 5.74) is 1.87. The molecular formula is C17H20ClNO2. The van der Waals surface area contributed by atoms with Crippen molar-refractivity contribution in [3.63, 3.8) is 0 Å². The Labute approximate surface area is 130 Å². The second-order valence-corrected chi connectivity index (χ2v) is 6.47. The van der Waals surface area contributed by atoms with Gasteiger partial charge in [-0.25, -0.2) is 4.79 Å². The van der Waals surface area contributed by atoms with Crippen molar-refractivity contribution in [1.29, 1.82) is 0 Å². The lowest BCUT2D eigenvalue weighted by Crippen LogP contribution is -2.19. The largest absolute Gasteiger partial charge is 0.381 e. The van der Waals surface area contributed by atoms with Gasteiger partial charge < -0.3 is 4.74 Å². The zero-order valence-corrected chi connectivity index (χ0v) is 12.9. The van der Waals surface area contributed by atoms with E-state index in [2.05, 4.69) is 17.1 Å². The average molecular weight is 306 g/mol. The summed E-state index contributed by atoms with van der Waals surface area (Å²) in [5, 5.41) is 0.798. The van der Waals surface area contributed by atoms with E-state index in [1.165, 1.54) is 5.56 Å². The van der Waals surface area contributed by atoms with Gasteiger partial charge in [0.25, 0.3) is 0 Å². The number of hydrogen-bond acceptors (Lipinski definition) is 3. The summed E-state index contributed by atoms with van der Waals surface area (Å²) in [4.78, 5) is 14.9. The van der Waals surface area contributed by atoms with Crippen LogP contribution < -0.4 is 0 Å². The molecule has 1 aromatic carbocycles. The number of aliphatic imine (C=N–C) groups is 1. The van der Waals surface area contributed by atoms with Gasteiger partial charge in [0.2, 0.25) is 6.08 Å². The summed E-state index contributed by atoms with van der Waals surface area (Å²) in [6, 6.07) is 6.23. The highest BCUT2D eigenvalue weighted by Gasteiger charge is 2.36. The second kappa shape index (κ2) is 6.31. The molecule has 1 aliphatic heterocycles. The van der Waals surface area contributed by atoms with Crippen LogP contribution in [-0.4, -0.2) is 19.3 Å². The van der Waals surface area contributed by atoms with E-state index in [4.69, 9.17) is 16.3 Å². The first kappa shape index (κ1) is 14.8. The third-order valence-corrected chi connectivity index (χ3v) is 5.22. The molecule has 2 fully saturated rings. The molecule has 0 radical (unpaired) electrons.